The molecule has 0 heterocycles. The van der Waals surface area contributed by atoms with Crippen molar-refractivity contribution in [3.8, 4) is 0 Å². The summed E-state index contributed by atoms with van der Waals surface area (Å²) in [5, 5.41) is 8.46. The van der Waals surface area contributed by atoms with E-state index in [1.165, 1.54) is 0 Å². The molecule has 0 aromatic carbocycles. The lowest BCUT2D eigenvalue weighted by molar-refractivity contribution is -0.137. The van der Waals surface area contributed by atoms with Gasteiger partial charge in [0, 0.05) is 6.42 Å². The maximum Gasteiger partial charge on any atom is 0.303 e. The number of hydrogen-bond acceptors (Lipinski definition) is 1. The van der Waals surface area contributed by atoms with Crippen molar-refractivity contribution in [2.45, 2.75) is 33.6 Å². The summed E-state index contributed by atoms with van der Waals surface area (Å²) >= 11 is 0. The van der Waals surface area contributed by atoms with Crippen LogP contribution in [0.15, 0.2) is 12.2 Å². The maximum atomic E-state index is 10.3. The monoisotopic (exact) mass is 170 g/mol. The van der Waals surface area contributed by atoms with Crippen LogP contribution in [-0.2, 0) is 4.79 Å². The van der Waals surface area contributed by atoms with Gasteiger partial charge < -0.3 is 5.11 Å². The van der Waals surface area contributed by atoms with E-state index in [0.717, 1.165) is 6.42 Å². The second kappa shape index (κ2) is 5.81. The smallest absolute Gasteiger partial charge is 0.303 e. The minimum atomic E-state index is -0.700. The fourth-order valence-electron chi connectivity index (χ4n) is 1.11. The molecule has 70 valence electrons. The van der Waals surface area contributed by atoms with Crippen LogP contribution >= 0.6 is 0 Å². The largest absolute Gasteiger partial charge is 0.481 e. The Morgan fingerprint density at radius 2 is 2.08 bits per heavy atom. The third-order valence-corrected chi connectivity index (χ3v) is 2.21. The van der Waals surface area contributed by atoms with E-state index in [4.69, 9.17) is 5.11 Å². The Kier molecular flexibility index (Phi) is 5.43. The van der Waals surface area contributed by atoms with Gasteiger partial charge in [0.05, 0.1) is 0 Å². The van der Waals surface area contributed by atoms with Crippen molar-refractivity contribution in [2.75, 3.05) is 0 Å². The molecule has 0 spiro atoms. The van der Waals surface area contributed by atoms with Crippen LogP contribution in [0, 0.1) is 11.8 Å². The van der Waals surface area contributed by atoms with Crippen molar-refractivity contribution in [3.05, 3.63) is 12.2 Å². The highest BCUT2D eigenvalue weighted by Crippen LogP contribution is 2.17. The zero-order valence-electron chi connectivity index (χ0n) is 8.08. The molecule has 0 aliphatic rings. The Morgan fingerprint density at radius 3 is 2.50 bits per heavy atom. The zero-order chi connectivity index (χ0) is 9.56. The van der Waals surface area contributed by atoms with Crippen LogP contribution in [-0.4, -0.2) is 11.1 Å². The van der Waals surface area contributed by atoms with Crippen molar-refractivity contribution in [2.24, 2.45) is 11.8 Å². The Balaban J connectivity index is 3.70. The van der Waals surface area contributed by atoms with Crippen LogP contribution in [0.3, 0.4) is 0 Å². The van der Waals surface area contributed by atoms with Crippen LogP contribution in [0.5, 0.6) is 0 Å². The lowest BCUT2D eigenvalue weighted by atomic mass is 9.91. The van der Waals surface area contributed by atoms with Crippen molar-refractivity contribution in [1.29, 1.82) is 0 Å². The summed E-state index contributed by atoms with van der Waals surface area (Å²) in [4.78, 5) is 10.3. The van der Waals surface area contributed by atoms with Gasteiger partial charge in [0.1, 0.15) is 0 Å². The summed E-state index contributed by atoms with van der Waals surface area (Å²) in [6.07, 6.45) is 5.18. The molecule has 1 N–H and O–H groups in total. The molecule has 0 aliphatic heterocycles. The third-order valence-electron chi connectivity index (χ3n) is 2.21. The van der Waals surface area contributed by atoms with E-state index in [-0.39, 0.29) is 6.42 Å². The van der Waals surface area contributed by atoms with Crippen molar-refractivity contribution >= 4 is 5.97 Å². The molecule has 2 heteroatoms. The SMILES string of the molecule is CC=CC(C)C(C)CCC(=O)O. The highest BCUT2D eigenvalue weighted by molar-refractivity contribution is 5.66. The molecule has 0 amide bonds. The predicted molar refractivity (Wildman–Crippen MR) is 50.0 cm³/mol. The number of carbonyl (C=O) groups is 1. The number of carboxylic acid groups (broad SMARTS) is 1. The first-order valence-electron chi connectivity index (χ1n) is 4.42. The van der Waals surface area contributed by atoms with Gasteiger partial charge in [-0.05, 0) is 25.2 Å². The normalized spacial score (nSPS) is 16.2. The zero-order valence-corrected chi connectivity index (χ0v) is 8.08. The van der Waals surface area contributed by atoms with Crippen LogP contribution in [0.4, 0.5) is 0 Å². The van der Waals surface area contributed by atoms with Crippen molar-refractivity contribution < 1.29 is 9.90 Å². The average Bonchev–Trinajstić information content (AvgIpc) is 2.00. The lowest BCUT2D eigenvalue weighted by Crippen LogP contribution is -2.07. The van der Waals surface area contributed by atoms with Gasteiger partial charge in [0.25, 0.3) is 0 Å². The van der Waals surface area contributed by atoms with Crippen LogP contribution in [0.2, 0.25) is 0 Å². The van der Waals surface area contributed by atoms with E-state index in [1.807, 2.05) is 13.0 Å². The molecule has 0 fully saturated rings. The van der Waals surface area contributed by atoms with E-state index in [1.54, 1.807) is 0 Å². The summed E-state index contributed by atoms with van der Waals surface area (Å²) < 4.78 is 0. The number of carboxylic acids is 1. The molecule has 0 saturated heterocycles. The molecule has 0 saturated carbocycles. The highest BCUT2D eigenvalue weighted by atomic mass is 16.4. The second-order valence-corrected chi connectivity index (χ2v) is 3.29. The van der Waals surface area contributed by atoms with Crippen LogP contribution in [0.25, 0.3) is 0 Å². The van der Waals surface area contributed by atoms with Gasteiger partial charge in [-0.25, -0.2) is 0 Å². The van der Waals surface area contributed by atoms with Crippen molar-refractivity contribution in [3.63, 3.8) is 0 Å². The van der Waals surface area contributed by atoms with Crippen LogP contribution < -0.4 is 0 Å². The molecule has 0 radical (unpaired) electrons. The molecule has 2 atom stereocenters. The molecule has 0 aliphatic carbocycles. The quantitative estimate of drug-likeness (QED) is 0.644. The van der Waals surface area contributed by atoms with Gasteiger partial charge in [0.15, 0.2) is 0 Å². The fraction of sp³-hybridized carbons (Fsp3) is 0.700. The minimum absolute atomic E-state index is 0.281. The van der Waals surface area contributed by atoms with Gasteiger partial charge in [-0.1, -0.05) is 26.0 Å². The number of rotatable bonds is 5. The van der Waals surface area contributed by atoms with E-state index in [2.05, 4.69) is 19.9 Å². The Hall–Kier alpha value is -0.790. The van der Waals surface area contributed by atoms with Gasteiger partial charge in [0.2, 0.25) is 0 Å². The van der Waals surface area contributed by atoms with Gasteiger partial charge in [-0.2, -0.15) is 0 Å². The molecule has 0 aromatic rings. The molecule has 0 aromatic heterocycles. The van der Waals surface area contributed by atoms with Crippen LogP contribution in [0.1, 0.15) is 33.6 Å². The summed E-state index contributed by atoms with van der Waals surface area (Å²) in [6.45, 7) is 6.19. The summed E-state index contributed by atoms with van der Waals surface area (Å²) in [5.74, 6) is 0.237. The summed E-state index contributed by atoms with van der Waals surface area (Å²) in [7, 11) is 0. The Bertz CT molecular complexity index is 161. The first kappa shape index (κ1) is 11.2. The first-order chi connectivity index (χ1) is 5.57. The third kappa shape index (κ3) is 4.94. The summed E-state index contributed by atoms with van der Waals surface area (Å²) in [5.41, 5.74) is 0. The van der Waals surface area contributed by atoms with E-state index >= 15 is 0 Å². The van der Waals surface area contributed by atoms with E-state index in [0.29, 0.717) is 11.8 Å². The topological polar surface area (TPSA) is 37.3 Å². The summed E-state index contributed by atoms with van der Waals surface area (Å²) in [6, 6.07) is 0. The highest BCUT2D eigenvalue weighted by Gasteiger charge is 2.10. The van der Waals surface area contributed by atoms with Gasteiger partial charge >= 0.3 is 5.97 Å². The number of hydrogen-bond donors (Lipinski definition) is 1. The second-order valence-electron chi connectivity index (χ2n) is 3.29. The molecule has 2 nitrogen and oxygen atoms in total. The molecular formula is C10H18O2. The first-order valence-corrected chi connectivity index (χ1v) is 4.42. The van der Waals surface area contributed by atoms with E-state index in [9.17, 15) is 4.79 Å². The van der Waals surface area contributed by atoms with Crippen molar-refractivity contribution in [1.82, 2.24) is 0 Å². The number of aliphatic carboxylic acids is 1. The fourth-order valence-corrected chi connectivity index (χ4v) is 1.11. The standard InChI is InChI=1S/C10H18O2/c1-4-5-8(2)9(3)6-7-10(11)12/h4-5,8-9H,6-7H2,1-3H3,(H,11,12). The lowest BCUT2D eigenvalue weighted by Gasteiger charge is -2.14. The minimum Gasteiger partial charge on any atom is -0.481 e. The molecule has 0 bridgehead atoms. The molecule has 2 unspecified atom stereocenters. The number of allylic oxidation sites excluding steroid dienone is 2. The average molecular weight is 170 g/mol. The maximum absolute atomic E-state index is 10.3. The Labute approximate surface area is 74.3 Å². The van der Waals surface area contributed by atoms with E-state index < -0.39 is 5.97 Å². The molecule has 12 heavy (non-hydrogen) atoms. The predicted octanol–water partition coefficient (Wildman–Crippen LogP) is 2.70. The molecular weight excluding hydrogens is 152 g/mol. The Morgan fingerprint density at radius 1 is 1.50 bits per heavy atom. The molecule has 0 rings (SSSR count). The van der Waals surface area contributed by atoms with Gasteiger partial charge in [-0.15, -0.1) is 0 Å². The van der Waals surface area contributed by atoms with Gasteiger partial charge in [-0.3, -0.25) is 4.79 Å².